The molecule has 0 bridgehead atoms. The van der Waals surface area contributed by atoms with Crippen LogP contribution in [0, 0.1) is 11.8 Å². The second kappa shape index (κ2) is 12.3. The number of rotatable bonds is 9. The topological polar surface area (TPSA) is 38.8 Å². The summed E-state index contributed by atoms with van der Waals surface area (Å²) in [6, 6.07) is 20.7. The van der Waals surface area contributed by atoms with Crippen molar-refractivity contribution in [1.29, 1.82) is 0 Å². The first-order valence-corrected chi connectivity index (χ1v) is 17.2. The lowest BCUT2D eigenvalue weighted by Crippen LogP contribution is -2.47. The largest absolute Gasteiger partial charge is 0.460 e. The minimum absolute atomic E-state index is 0.0477. The van der Waals surface area contributed by atoms with E-state index in [4.69, 9.17) is 9.16 Å². The third-order valence-electron chi connectivity index (χ3n) is 9.12. The van der Waals surface area contributed by atoms with Crippen molar-refractivity contribution in [2.45, 2.75) is 89.6 Å². The summed E-state index contributed by atoms with van der Waals surface area (Å²) in [5.41, 5.74) is 2.40. The van der Waals surface area contributed by atoms with Gasteiger partial charge in [0, 0.05) is 31.5 Å². The fourth-order valence-electron chi connectivity index (χ4n) is 5.81. The average Bonchev–Trinajstić information content (AvgIpc) is 3.31. The van der Waals surface area contributed by atoms with Crippen LogP contribution in [0.5, 0.6) is 0 Å². The van der Waals surface area contributed by atoms with Crippen LogP contribution in [0.3, 0.4) is 0 Å². The molecule has 1 aliphatic carbocycles. The summed E-state index contributed by atoms with van der Waals surface area (Å²) in [4.78, 5) is 16.2. The Labute approximate surface area is 225 Å². The van der Waals surface area contributed by atoms with Gasteiger partial charge in [-0.3, -0.25) is 9.69 Å². The average molecular weight is 522 g/mol. The number of nitrogens with zero attached hydrogens (tertiary/aromatic N) is 1. The van der Waals surface area contributed by atoms with E-state index < -0.39 is 8.32 Å². The van der Waals surface area contributed by atoms with Crippen molar-refractivity contribution >= 4 is 14.3 Å². The number of carbonyl (C=O) groups is 1. The van der Waals surface area contributed by atoms with Gasteiger partial charge in [-0.25, -0.2) is 0 Å². The van der Waals surface area contributed by atoms with Crippen molar-refractivity contribution in [3.63, 3.8) is 0 Å². The first-order chi connectivity index (χ1) is 17.7. The highest BCUT2D eigenvalue weighted by molar-refractivity contribution is 6.74. The van der Waals surface area contributed by atoms with E-state index in [2.05, 4.69) is 69.1 Å². The zero-order valence-corrected chi connectivity index (χ0v) is 24.6. The van der Waals surface area contributed by atoms with Crippen LogP contribution in [0.25, 0.3) is 0 Å². The lowest BCUT2D eigenvalue weighted by Gasteiger charge is -2.37. The highest BCUT2D eigenvalue weighted by atomic mass is 28.4. The Morgan fingerprint density at radius 3 is 2.19 bits per heavy atom. The first kappa shape index (κ1) is 28.1. The third-order valence-corrected chi connectivity index (χ3v) is 13.6. The zero-order chi connectivity index (χ0) is 26.5. The van der Waals surface area contributed by atoms with Gasteiger partial charge < -0.3 is 9.16 Å². The maximum atomic E-state index is 13.7. The molecule has 202 valence electrons. The molecule has 2 aliphatic rings. The highest BCUT2D eigenvalue weighted by Gasteiger charge is 2.45. The van der Waals surface area contributed by atoms with Gasteiger partial charge in [-0.15, -0.1) is 0 Å². The number of carbonyl (C=O) groups excluding carboxylic acids is 1. The number of esters is 1. The molecular formula is C32H47NO3Si. The molecule has 2 fully saturated rings. The van der Waals surface area contributed by atoms with Crippen molar-refractivity contribution in [3.05, 3.63) is 71.8 Å². The molecule has 2 aromatic rings. The van der Waals surface area contributed by atoms with Crippen LogP contribution in [0.2, 0.25) is 18.1 Å². The van der Waals surface area contributed by atoms with Gasteiger partial charge in [0.1, 0.15) is 12.6 Å². The predicted molar refractivity (Wildman–Crippen MR) is 154 cm³/mol. The standard InChI is InChI=1S/C32H47NO3Si/c1-32(2,3)37(4,5)36-24-28-21-33(22-29(28)26-17-11-7-12-18-26)30(27-19-13-8-14-20-27)31(34)35-23-25-15-9-6-10-16-25/h6-7,9-12,15-18,27-30H,8,13-14,19-24H2,1-5H3/t28-,29-,30?/m1/s1. The minimum Gasteiger partial charge on any atom is -0.460 e. The number of hydrogen-bond acceptors (Lipinski definition) is 4. The van der Waals surface area contributed by atoms with Crippen LogP contribution in [-0.2, 0) is 20.6 Å². The molecule has 1 aliphatic heterocycles. The summed E-state index contributed by atoms with van der Waals surface area (Å²) in [5, 5.41) is 0.180. The summed E-state index contributed by atoms with van der Waals surface area (Å²) in [7, 11) is -1.87. The summed E-state index contributed by atoms with van der Waals surface area (Å²) >= 11 is 0. The van der Waals surface area contributed by atoms with Gasteiger partial charge in [-0.05, 0) is 48.0 Å². The van der Waals surface area contributed by atoms with Crippen molar-refractivity contribution in [2.24, 2.45) is 11.8 Å². The van der Waals surface area contributed by atoms with Crippen LogP contribution in [0.1, 0.15) is 69.9 Å². The molecule has 1 saturated heterocycles. The van der Waals surface area contributed by atoms with E-state index in [-0.39, 0.29) is 17.0 Å². The van der Waals surface area contributed by atoms with Crippen LogP contribution in [0.15, 0.2) is 60.7 Å². The molecule has 1 heterocycles. The van der Waals surface area contributed by atoms with Crippen LogP contribution in [0.4, 0.5) is 0 Å². The number of ether oxygens (including phenoxy) is 1. The predicted octanol–water partition coefficient (Wildman–Crippen LogP) is 7.42. The fraction of sp³-hybridized carbons (Fsp3) is 0.594. The molecule has 37 heavy (non-hydrogen) atoms. The normalized spacial score (nSPS) is 22.6. The van der Waals surface area contributed by atoms with Gasteiger partial charge in [0.2, 0.25) is 0 Å². The number of hydrogen-bond donors (Lipinski definition) is 0. The van der Waals surface area contributed by atoms with E-state index in [1.807, 2.05) is 30.3 Å². The Balaban J connectivity index is 1.54. The summed E-state index contributed by atoms with van der Waals surface area (Å²) in [6.45, 7) is 14.4. The third kappa shape index (κ3) is 7.13. The maximum absolute atomic E-state index is 13.7. The Morgan fingerprint density at radius 1 is 0.946 bits per heavy atom. The number of likely N-dealkylation sites (tertiary alicyclic amines) is 1. The highest BCUT2D eigenvalue weighted by Crippen LogP contribution is 2.41. The smallest absolute Gasteiger partial charge is 0.323 e. The second-order valence-corrected chi connectivity index (χ2v) is 17.5. The summed E-state index contributed by atoms with van der Waals surface area (Å²) < 4.78 is 12.8. The van der Waals surface area contributed by atoms with Crippen molar-refractivity contribution in [1.82, 2.24) is 4.90 Å². The van der Waals surface area contributed by atoms with Crippen molar-refractivity contribution in [2.75, 3.05) is 19.7 Å². The molecular weight excluding hydrogens is 474 g/mol. The van der Waals surface area contributed by atoms with Gasteiger partial charge >= 0.3 is 5.97 Å². The van der Waals surface area contributed by atoms with Gasteiger partial charge in [0.15, 0.2) is 8.32 Å². The molecule has 0 N–H and O–H groups in total. The molecule has 4 nitrogen and oxygen atoms in total. The summed E-state index contributed by atoms with van der Waals surface area (Å²) in [6.07, 6.45) is 5.92. The molecule has 0 spiro atoms. The SMILES string of the molecule is CC(C)(C)[Si](C)(C)OC[C@H]1CN(C(C(=O)OCc2ccccc2)C2CCCCC2)C[C@@H]1c1ccccc1. The van der Waals surface area contributed by atoms with Gasteiger partial charge in [0.05, 0.1) is 0 Å². The van der Waals surface area contributed by atoms with E-state index in [0.717, 1.165) is 38.1 Å². The Bertz CT molecular complexity index is 982. The molecule has 2 aromatic carbocycles. The van der Waals surface area contributed by atoms with Gasteiger partial charge in [-0.1, -0.05) is 101 Å². The van der Waals surface area contributed by atoms with Gasteiger partial charge in [0.25, 0.3) is 0 Å². The molecule has 1 unspecified atom stereocenters. The first-order valence-electron chi connectivity index (χ1n) is 14.3. The van der Waals surface area contributed by atoms with Crippen LogP contribution in [-0.4, -0.2) is 44.9 Å². The molecule has 0 aromatic heterocycles. The molecule has 4 rings (SSSR count). The lowest BCUT2D eigenvalue weighted by molar-refractivity contribution is -0.154. The van der Waals surface area contributed by atoms with E-state index >= 15 is 0 Å². The maximum Gasteiger partial charge on any atom is 0.323 e. The second-order valence-electron chi connectivity index (χ2n) is 12.7. The monoisotopic (exact) mass is 521 g/mol. The quantitative estimate of drug-likeness (QED) is 0.254. The Hall–Kier alpha value is -1.95. The molecule has 5 heteroatoms. The van der Waals surface area contributed by atoms with E-state index in [1.165, 1.54) is 24.8 Å². The van der Waals surface area contributed by atoms with E-state index in [0.29, 0.717) is 24.4 Å². The Morgan fingerprint density at radius 2 is 1.57 bits per heavy atom. The minimum atomic E-state index is -1.87. The number of benzene rings is 2. The molecule has 1 saturated carbocycles. The Kier molecular flexibility index (Phi) is 9.31. The van der Waals surface area contributed by atoms with Crippen LogP contribution < -0.4 is 0 Å². The molecule has 0 radical (unpaired) electrons. The van der Waals surface area contributed by atoms with E-state index in [1.54, 1.807) is 0 Å². The van der Waals surface area contributed by atoms with Crippen molar-refractivity contribution < 1.29 is 14.0 Å². The van der Waals surface area contributed by atoms with Crippen molar-refractivity contribution in [3.8, 4) is 0 Å². The molecule has 3 atom stereocenters. The summed E-state index contributed by atoms with van der Waals surface area (Å²) in [5.74, 6) is 1.05. The molecule has 0 amide bonds. The van der Waals surface area contributed by atoms with Crippen LogP contribution >= 0.6 is 0 Å². The van der Waals surface area contributed by atoms with E-state index in [9.17, 15) is 4.79 Å². The zero-order valence-electron chi connectivity index (χ0n) is 23.6. The fourth-order valence-corrected chi connectivity index (χ4v) is 6.88. The lowest BCUT2D eigenvalue weighted by atomic mass is 9.83. The van der Waals surface area contributed by atoms with Gasteiger partial charge in [-0.2, -0.15) is 0 Å².